The van der Waals surface area contributed by atoms with Gasteiger partial charge < -0.3 is 15.2 Å². The predicted molar refractivity (Wildman–Crippen MR) is 42.1 cm³/mol. The molecule has 3 nitrogen and oxygen atoms in total. The summed E-state index contributed by atoms with van der Waals surface area (Å²) in [7, 11) is 0. The lowest BCUT2D eigenvalue weighted by molar-refractivity contribution is 0.122. The highest BCUT2D eigenvalue weighted by Gasteiger charge is 2.24. The molecule has 0 bridgehead atoms. The minimum Gasteiger partial charge on any atom is -0.389 e. The Balaban J connectivity index is 2.11. The lowest BCUT2D eigenvalue weighted by Crippen LogP contribution is -2.39. The van der Waals surface area contributed by atoms with Crippen molar-refractivity contribution >= 4 is 0 Å². The third-order valence-electron chi connectivity index (χ3n) is 1.73. The quantitative estimate of drug-likeness (QED) is 0.421. The van der Waals surface area contributed by atoms with Gasteiger partial charge in [0.2, 0.25) is 0 Å². The van der Waals surface area contributed by atoms with Crippen LogP contribution in [0.4, 0.5) is 0 Å². The second-order valence-corrected chi connectivity index (χ2v) is 2.62. The topological polar surface area (TPSA) is 41.5 Å². The first-order valence-corrected chi connectivity index (χ1v) is 3.77. The SMILES string of the molecule is C#CCCNC1COCC1O. The molecule has 0 amide bonds. The van der Waals surface area contributed by atoms with Gasteiger partial charge in [0, 0.05) is 13.0 Å². The number of terminal acetylenes is 1. The molecule has 2 unspecified atom stereocenters. The zero-order valence-corrected chi connectivity index (χ0v) is 6.42. The molecule has 0 spiro atoms. The van der Waals surface area contributed by atoms with Crippen molar-refractivity contribution in [2.45, 2.75) is 18.6 Å². The average molecular weight is 155 g/mol. The minimum atomic E-state index is -0.368. The Labute approximate surface area is 66.7 Å². The Kier molecular flexibility index (Phi) is 3.37. The minimum absolute atomic E-state index is 0.0725. The summed E-state index contributed by atoms with van der Waals surface area (Å²) >= 11 is 0. The summed E-state index contributed by atoms with van der Waals surface area (Å²) in [6, 6.07) is 0.0725. The Morgan fingerprint density at radius 2 is 2.45 bits per heavy atom. The maximum atomic E-state index is 9.25. The maximum absolute atomic E-state index is 9.25. The normalized spacial score (nSPS) is 30.2. The fraction of sp³-hybridized carbons (Fsp3) is 0.750. The van der Waals surface area contributed by atoms with E-state index in [1.807, 2.05) is 0 Å². The zero-order valence-electron chi connectivity index (χ0n) is 6.42. The van der Waals surface area contributed by atoms with Gasteiger partial charge in [0.15, 0.2) is 0 Å². The molecule has 2 atom stereocenters. The first-order chi connectivity index (χ1) is 5.34. The van der Waals surface area contributed by atoms with Gasteiger partial charge in [0.05, 0.1) is 25.4 Å². The van der Waals surface area contributed by atoms with Gasteiger partial charge >= 0.3 is 0 Å². The van der Waals surface area contributed by atoms with E-state index in [0.717, 1.165) is 6.54 Å². The van der Waals surface area contributed by atoms with Gasteiger partial charge in [-0.05, 0) is 0 Å². The first-order valence-electron chi connectivity index (χ1n) is 3.77. The molecule has 0 saturated carbocycles. The Bertz CT molecular complexity index is 153. The number of ether oxygens (including phenoxy) is 1. The molecule has 1 rings (SSSR count). The molecule has 62 valence electrons. The van der Waals surface area contributed by atoms with Gasteiger partial charge in [-0.15, -0.1) is 12.3 Å². The summed E-state index contributed by atoms with van der Waals surface area (Å²) in [5.41, 5.74) is 0. The van der Waals surface area contributed by atoms with E-state index in [1.165, 1.54) is 0 Å². The van der Waals surface area contributed by atoms with E-state index in [2.05, 4.69) is 11.2 Å². The summed E-state index contributed by atoms with van der Waals surface area (Å²) in [5.74, 6) is 2.52. The van der Waals surface area contributed by atoms with Crippen LogP contribution in [0.2, 0.25) is 0 Å². The van der Waals surface area contributed by atoms with Crippen LogP contribution in [0.25, 0.3) is 0 Å². The van der Waals surface area contributed by atoms with Gasteiger partial charge in [-0.2, -0.15) is 0 Å². The fourth-order valence-corrected chi connectivity index (χ4v) is 1.07. The monoisotopic (exact) mass is 155 g/mol. The number of aliphatic hydroxyl groups excluding tert-OH is 1. The Morgan fingerprint density at radius 3 is 3.00 bits per heavy atom. The summed E-state index contributed by atoms with van der Waals surface area (Å²) in [4.78, 5) is 0. The highest BCUT2D eigenvalue weighted by atomic mass is 16.5. The molecule has 11 heavy (non-hydrogen) atoms. The van der Waals surface area contributed by atoms with E-state index in [1.54, 1.807) is 0 Å². The van der Waals surface area contributed by atoms with Gasteiger partial charge in [-0.3, -0.25) is 0 Å². The van der Waals surface area contributed by atoms with Crippen LogP contribution in [0.15, 0.2) is 0 Å². The number of hydrogen-bond donors (Lipinski definition) is 2. The second-order valence-electron chi connectivity index (χ2n) is 2.62. The van der Waals surface area contributed by atoms with Gasteiger partial charge in [0.25, 0.3) is 0 Å². The first kappa shape index (κ1) is 8.54. The third-order valence-corrected chi connectivity index (χ3v) is 1.73. The third kappa shape index (κ3) is 2.51. The van der Waals surface area contributed by atoms with Crippen LogP contribution in [0, 0.1) is 12.3 Å². The van der Waals surface area contributed by atoms with E-state index >= 15 is 0 Å². The van der Waals surface area contributed by atoms with Gasteiger partial charge in [0.1, 0.15) is 0 Å². The van der Waals surface area contributed by atoms with E-state index < -0.39 is 0 Å². The van der Waals surface area contributed by atoms with E-state index in [4.69, 9.17) is 11.2 Å². The largest absolute Gasteiger partial charge is 0.389 e. The molecule has 1 aliphatic rings. The average Bonchev–Trinajstić information content (AvgIpc) is 2.37. The van der Waals surface area contributed by atoms with Crippen molar-refractivity contribution in [1.29, 1.82) is 0 Å². The molecule has 2 N–H and O–H groups in total. The van der Waals surface area contributed by atoms with Crippen LogP contribution in [0.5, 0.6) is 0 Å². The zero-order chi connectivity index (χ0) is 8.10. The summed E-state index contributed by atoms with van der Waals surface area (Å²) < 4.78 is 5.04. The molecular formula is C8H13NO2. The lowest BCUT2D eigenvalue weighted by Gasteiger charge is -2.12. The fourth-order valence-electron chi connectivity index (χ4n) is 1.07. The molecule has 0 aromatic heterocycles. The van der Waals surface area contributed by atoms with Crippen LogP contribution in [-0.2, 0) is 4.74 Å². The molecule has 1 aliphatic heterocycles. The van der Waals surface area contributed by atoms with Crippen molar-refractivity contribution in [1.82, 2.24) is 5.32 Å². The van der Waals surface area contributed by atoms with Crippen LogP contribution in [-0.4, -0.2) is 37.0 Å². The van der Waals surface area contributed by atoms with Crippen LogP contribution < -0.4 is 5.32 Å². The molecule has 1 saturated heterocycles. The van der Waals surface area contributed by atoms with Crippen molar-refractivity contribution in [3.05, 3.63) is 0 Å². The molecule has 3 heteroatoms. The summed E-state index contributed by atoms with van der Waals surface area (Å²) in [6.45, 7) is 1.78. The molecule has 0 aliphatic carbocycles. The highest BCUT2D eigenvalue weighted by molar-refractivity contribution is 4.87. The molecule has 0 radical (unpaired) electrons. The lowest BCUT2D eigenvalue weighted by atomic mass is 10.2. The standard InChI is InChI=1S/C8H13NO2/c1-2-3-4-9-7-5-11-6-8(7)10/h1,7-10H,3-6H2. The van der Waals surface area contributed by atoms with E-state index in [-0.39, 0.29) is 12.1 Å². The highest BCUT2D eigenvalue weighted by Crippen LogP contribution is 2.04. The number of hydrogen-bond acceptors (Lipinski definition) is 3. The molecule has 0 aromatic carbocycles. The number of nitrogens with one attached hydrogen (secondary N) is 1. The predicted octanol–water partition coefficient (Wildman–Crippen LogP) is -0.641. The summed E-state index contributed by atoms with van der Waals surface area (Å²) in [6.07, 6.45) is 5.39. The van der Waals surface area contributed by atoms with Crippen molar-refractivity contribution in [3.63, 3.8) is 0 Å². The van der Waals surface area contributed by atoms with E-state index in [9.17, 15) is 5.11 Å². The van der Waals surface area contributed by atoms with Crippen LogP contribution >= 0.6 is 0 Å². The van der Waals surface area contributed by atoms with Gasteiger partial charge in [-0.1, -0.05) is 0 Å². The van der Waals surface area contributed by atoms with Crippen molar-refractivity contribution < 1.29 is 9.84 Å². The Hall–Kier alpha value is -0.560. The van der Waals surface area contributed by atoms with Crippen LogP contribution in [0.3, 0.4) is 0 Å². The maximum Gasteiger partial charge on any atom is 0.0948 e. The summed E-state index contributed by atoms with van der Waals surface area (Å²) in [5, 5.41) is 12.4. The van der Waals surface area contributed by atoms with E-state index in [0.29, 0.717) is 19.6 Å². The van der Waals surface area contributed by atoms with Crippen molar-refractivity contribution in [2.75, 3.05) is 19.8 Å². The second kappa shape index (κ2) is 4.35. The molecule has 1 heterocycles. The van der Waals surface area contributed by atoms with Gasteiger partial charge in [-0.25, -0.2) is 0 Å². The number of rotatable bonds is 3. The van der Waals surface area contributed by atoms with Crippen molar-refractivity contribution in [3.8, 4) is 12.3 Å². The molecule has 1 fully saturated rings. The Morgan fingerprint density at radius 1 is 1.64 bits per heavy atom. The van der Waals surface area contributed by atoms with Crippen molar-refractivity contribution in [2.24, 2.45) is 0 Å². The number of aliphatic hydroxyl groups is 1. The smallest absolute Gasteiger partial charge is 0.0948 e. The molecular weight excluding hydrogens is 142 g/mol. The molecule has 0 aromatic rings. The van der Waals surface area contributed by atoms with Crippen LogP contribution in [0.1, 0.15) is 6.42 Å².